The first kappa shape index (κ1) is 16.9. The van der Waals surface area contributed by atoms with Crippen LogP contribution in [0.4, 0.5) is 10.1 Å². The van der Waals surface area contributed by atoms with E-state index in [4.69, 9.17) is 5.73 Å². The molecule has 0 saturated heterocycles. The Morgan fingerprint density at radius 3 is 2.60 bits per heavy atom. The molecule has 0 radical (unpaired) electrons. The molecule has 0 atom stereocenters. The Morgan fingerprint density at radius 2 is 2.00 bits per heavy atom. The van der Waals surface area contributed by atoms with Crippen LogP contribution in [-0.2, 0) is 10.0 Å². The Morgan fingerprint density at radius 1 is 1.30 bits per heavy atom. The van der Waals surface area contributed by atoms with E-state index in [1.165, 1.54) is 6.07 Å². The van der Waals surface area contributed by atoms with Gasteiger partial charge < -0.3 is 10.6 Å². The topological polar surface area (TPSA) is 75.4 Å². The zero-order valence-electron chi connectivity index (χ0n) is 11.9. The van der Waals surface area contributed by atoms with Gasteiger partial charge in [-0.2, -0.15) is 0 Å². The molecule has 0 amide bonds. The molecule has 5 nitrogen and oxygen atoms in total. The minimum Gasteiger partial charge on any atom is -0.398 e. The molecule has 3 N–H and O–H groups in total. The largest absolute Gasteiger partial charge is 0.398 e. The van der Waals surface area contributed by atoms with Crippen molar-refractivity contribution in [2.24, 2.45) is 0 Å². The number of anilines is 1. The molecule has 0 saturated carbocycles. The fraction of sp³-hybridized carbons (Fsp3) is 0.538. The summed E-state index contributed by atoms with van der Waals surface area (Å²) in [4.78, 5) is 1.92. The number of halogens is 1. The number of rotatable bonds is 8. The number of nitrogens with one attached hydrogen (secondary N) is 1. The van der Waals surface area contributed by atoms with Gasteiger partial charge in [0.05, 0.1) is 5.69 Å². The molecule has 1 aromatic rings. The van der Waals surface area contributed by atoms with E-state index < -0.39 is 15.8 Å². The van der Waals surface area contributed by atoms with Crippen molar-refractivity contribution in [3.63, 3.8) is 0 Å². The van der Waals surface area contributed by atoms with Gasteiger partial charge in [-0.1, -0.05) is 13.8 Å². The molecule has 1 rings (SSSR count). The van der Waals surface area contributed by atoms with Crippen LogP contribution in [0.5, 0.6) is 0 Å². The summed E-state index contributed by atoms with van der Waals surface area (Å²) in [6.07, 6.45) is 1.01. The highest BCUT2D eigenvalue weighted by Gasteiger charge is 2.18. The summed E-state index contributed by atoms with van der Waals surface area (Å²) in [6.45, 7) is 6.75. The van der Waals surface area contributed by atoms with Crippen molar-refractivity contribution in [3.05, 3.63) is 24.0 Å². The summed E-state index contributed by atoms with van der Waals surface area (Å²) < 4.78 is 39.7. The van der Waals surface area contributed by atoms with Gasteiger partial charge in [0.1, 0.15) is 10.7 Å². The molecule has 0 spiro atoms. The lowest BCUT2D eigenvalue weighted by molar-refractivity contribution is 0.293. The van der Waals surface area contributed by atoms with Gasteiger partial charge in [0, 0.05) is 13.1 Å². The van der Waals surface area contributed by atoms with Crippen molar-refractivity contribution < 1.29 is 12.8 Å². The number of hydrogen-bond acceptors (Lipinski definition) is 4. The SMILES string of the molecule is CCCN(CC)CCNS(=O)(=O)c1cc(F)ccc1N. The second kappa shape index (κ2) is 7.56. The third-order valence-electron chi connectivity index (χ3n) is 2.97. The highest BCUT2D eigenvalue weighted by atomic mass is 32.2. The lowest BCUT2D eigenvalue weighted by Crippen LogP contribution is -2.35. The summed E-state index contributed by atoms with van der Waals surface area (Å²) in [5.74, 6) is -0.624. The van der Waals surface area contributed by atoms with E-state index >= 15 is 0 Å². The second-order valence-electron chi connectivity index (χ2n) is 4.51. The maximum atomic E-state index is 13.1. The molecule has 7 heteroatoms. The predicted molar refractivity (Wildman–Crippen MR) is 78.4 cm³/mol. The summed E-state index contributed by atoms with van der Waals surface area (Å²) in [5, 5.41) is 0. The average molecular weight is 303 g/mol. The zero-order chi connectivity index (χ0) is 15.2. The lowest BCUT2D eigenvalue weighted by Gasteiger charge is -2.19. The lowest BCUT2D eigenvalue weighted by atomic mass is 10.3. The van der Waals surface area contributed by atoms with E-state index in [0.29, 0.717) is 6.54 Å². The molecule has 1 aromatic carbocycles. The predicted octanol–water partition coefficient (Wildman–Crippen LogP) is 1.42. The van der Waals surface area contributed by atoms with Crippen LogP contribution in [0.25, 0.3) is 0 Å². The molecule has 114 valence electrons. The molecule has 0 aliphatic carbocycles. The van der Waals surface area contributed by atoms with Crippen molar-refractivity contribution in [2.45, 2.75) is 25.2 Å². The van der Waals surface area contributed by atoms with Gasteiger partial charge in [-0.3, -0.25) is 0 Å². The van der Waals surface area contributed by atoms with E-state index in [1.807, 2.05) is 6.92 Å². The number of benzene rings is 1. The molecule has 0 bridgehead atoms. The molecule has 0 aliphatic rings. The molecular formula is C13H22FN3O2S. The molecular weight excluding hydrogens is 281 g/mol. The van der Waals surface area contributed by atoms with Gasteiger partial charge in [0.15, 0.2) is 0 Å². The smallest absolute Gasteiger partial charge is 0.242 e. The van der Waals surface area contributed by atoms with Gasteiger partial charge in [0.25, 0.3) is 0 Å². The van der Waals surface area contributed by atoms with E-state index in [1.54, 1.807) is 0 Å². The number of likely N-dealkylation sites (N-methyl/N-ethyl adjacent to an activating group) is 1. The normalized spacial score (nSPS) is 12.0. The summed E-state index contributed by atoms with van der Waals surface area (Å²) >= 11 is 0. The zero-order valence-corrected chi connectivity index (χ0v) is 12.7. The second-order valence-corrected chi connectivity index (χ2v) is 6.25. The van der Waals surface area contributed by atoms with Gasteiger partial charge in [-0.05, 0) is 37.7 Å². The van der Waals surface area contributed by atoms with Crippen LogP contribution >= 0.6 is 0 Å². The van der Waals surface area contributed by atoms with Crippen LogP contribution < -0.4 is 10.5 Å². The number of nitrogens with zero attached hydrogens (tertiary/aromatic N) is 1. The van der Waals surface area contributed by atoms with Crippen molar-refractivity contribution in [1.82, 2.24) is 9.62 Å². The molecule has 20 heavy (non-hydrogen) atoms. The van der Waals surface area contributed by atoms with Crippen molar-refractivity contribution in [2.75, 3.05) is 31.9 Å². The fourth-order valence-electron chi connectivity index (χ4n) is 1.90. The maximum Gasteiger partial charge on any atom is 0.242 e. The highest BCUT2D eigenvalue weighted by Crippen LogP contribution is 2.18. The monoisotopic (exact) mass is 303 g/mol. The first-order valence-electron chi connectivity index (χ1n) is 6.67. The Labute approximate surface area is 120 Å². The van der Waals surface area contributed by atoms with Gasteiger partial charge in [-0.25, -0.2) is 17.5 Å². The standard InChI is InChI=1S/C13H22FN3O2S/c1-3-8-17(4-2)9-7-16-20(18,19)13-10-11(14)5-6-12(13)15/h5-6,10,16H,3-4,7-9,15H2,1-2H3. The first-order chi connectivity index (χ1) is 9.40. The first-order valence-corrected chi connectivity index (χ1v) is 8.16. The number of sulfonamides is 1. The van der Waals surface area contributed by atoms with Crippen molar-refractivity contribution in [3.8, 4) is 0 Å². The van der Waals surface area contributed by atoms with Crippen LogP contribution in [0.2, 0.25) is 0 Å². The summed E-state index contributed by atoms with van der Waals surface area (Å²) in [6, 6.07) is 3.31. The molecule has 0 heterocycles. The summed E-state index contributed by atoms with van der Waals surface area (Å²) in [5.41, 5.74) is 5.63. The van der Waals surface area contributed by atoms with E-state index in [2.05, 4.69) is 16.5 Å². The molecule has 0 aliphatic heterocycles. The minimum absolute atomic E-state index is 0.0415. The van der Waals surface area contributed by atoms with Gasteiger partial charge in [0.2, 0.25) is 10.0 Å². The van der Waals surface area contributed by atoms with E-state index in [0.717, 1.165) is 31.6 Å². The fourth-order valence-corrected chi connectivity index (χ4v) is 3.06. The van der Waals surface area contributed by atoms with Crippen LogP contribution in [0, 0.1) is 5.82 Å². The Kier molecular flexibility index (Phi) is 6.38. The number of nitrogen functional groups attached to an aromatic ring is 1. The van der Waals surface area contributed by atoms with Crippen LogP contribution in [-0.4, -0.2) is 39.5 Å². The number of nitrogens with two attached hydrogens (primary N) is 1. The third kappa shape index (κ3) is 4.73. The summed E-state index contributed by atoms with van der Waals surface area (Å²) in [7, 11) is -3.77. The molecule has 0 unspecified atom stereocenters. The quantitative estimate of drug-likeness (QED) is 0.712. The van der Waals surface area contributed by atoms with E-state index in [9.17, 15) is 12.8 Å². The molecule has 0 aromatic heterocycles. The average Bonchev–Trinajstić information content (AvgIpc) is 2.40. The van der Waals surface area contributed by atoms with Crippen LogP contribution in [0.3, 0.4) is 0 Å². The van der Waals surface area contributed by atoms with Crippen molar-refractivity contribution >= 4 is 15.7 Å². The van der Waals surface area contributed by atoms with Gasteiger partial charge in [-0.15, -0.1) is 0 Å². The van der Waals surface area contributed by atoms with Crippen LogP contribution in [0.15, 0.2) is 23.1 Å². The Balaban J connectivity index is 2.68. The minimum atomic E-state index is -3.77. The van der Waals surface area contributed by atoms with Gasteiger partial charge >= 0.3 is 0 Å². The van der Waals surface area contributed by atoms with Crippen LogP contribution in [0.1, 0.15) is 20.3 Å². The Hall–Kier alpha value is -1.18. The maximum absolute atomic E-state index is 13.1. The number of hydrogen-bond donors (Lipinski definition) is 2. The van der Waals surface area contributed by atoms with E-state index in [-0.39, 0.29) is 17.1 Å². The highest BCUT2D eigenvalue weighted by molar-refractivity contribution is 7.89. The molecule has 0 fully saturated rings. The van der Waals surface area contributed by atoms with Crippen molar-refractivity contribution in [1.29, 1.82) is 0 Å². The Bertz CT molecular complexity index is 534. The third-order valence-corrected chi connectivity index (χ3v) is 4.49.